The molecule has 1 rings (SSSR count). The number of para-hydroxylation sites is 1. The average molecular weight is 443 g/mol. The second-order valence-corrected chi connectivity index (χ2v) is 7.52. The normalized spacial score (nSPS) is 10.1. The van der Waals surface area contributed by atoms with Gasteiger partial charge in [0, 0.05) is 6.61 Å². The topological polar surface area (TPSA) is 107 Å². The smallest absolute Gasteiger partial charge is 0.726 e. The Bertz CT molecular complexity index is 509. The number of benzene rings is 1. The van der Waals surface area contributed by atoms with E-state index < -0.39 is 10.4 Å². The molecule has 0 spiro atoms. The third-order valence-corrected chi connectivity index (χ3v) is 4.16. The Morgan fingerprint density at radius 3 is 1.55 bits per heavy atom. The first kappa shape index (κ1) is 33.5. The van der Waals surface area contributed by atoms with Crippen LogP contribution < -0.4 is 29.6 Å². The van der Waals surface area contributed by atoms with E-state index in [0.717, 1.165) is 19.3 Å². The van der Waals surface area contributed by atoms with Crippen LogP contribution in [0.4, 0.5) is 0 Å². The van der Waals surface area contributed by atoms with Gasteiger partial charge in [0.25, 0.3) is 0 Å². The number of aliphatic hydroxyl groups excluding tert-OH is 1. The molecule has 0 heterocycles. The Morgan fingerprint density at radius 1 is 0.828 bits per heavy atom. The molecule has 166 valence electrons. The summed E-state index contributed by atoms with van der Waals surface area (Å²) in [4.78, 5) is 0. The van der Waals surface area contributed by atoms with Crippen molar-refractivity contribution in [2.75, 3.05) is 13.2 Å². The maximum absolute atomic E-state index is 10.1. The second kappa shape index (κ2) is 25.9. The molecule has 0 unspecified atom stereocenters. The SMILES string of the molecule is CCCCCCCCCCCCOS(=O)(=O)[O-].CCCO.Oc1ccccc1.[Na+]. The zero-order valence-corrected chi connectivity index (χ0v) is 21.3. The van der Waals surface area contributed by atoms with Gasteiger partial charge in [0.05, 0.1) is 6.61 Å². The van der Waals surface area contributed by atoms with Gasteiger partial charge in [-0.1, -0.05) is 89.8 Å². The number of phenols is 1. The molecule has 1 aromatic carbocycles. The fourth-order valence-electron chi connectivity index (χ4n) is 2.18. The zero-order chi connectivity index (χ0) is 21.5. The van der Waals surface area contributed by atoms with Crippen LogP contribution >= 0.6 is 0 Å². The van der Waals surface area contributed by atoms with Crippen LogP contribution in [0.1, 0.15) is 84.5 Å². The molecule has 0 amide bonds. The van der Waals surface area contributed by atoms with Crippen molar-refractivity contribution in [2.24, 2.45) is 0 Å². The van der Waals surface area contributed by atoms with E-state index in [1.54, 1.807) is 24.3 Å². The minimum Gasteiger partial charge on any atom is -0.726 e. The Hall–Kier alpha value is -0.150. The van der Waals surface area contributed by atoms with Gasteiger partial charge in [-0.3, -0.25) is 4.18 Å². The molecule has 2 N–H and O–H groups in total. The molecule has 0 bridgehead atoms. The molecular formula is C21H39NaO6S. The van der Waals surface area contributed by atoms with Crippen LogP contribution in [0.3, 0.4) is 0 Å². The molecule has 6 nitrogen and oxygen atoms in total. The van der Waals surface area contributed by atoms with Crippen LogP contribution in [-0.4, -0.2) is 36.4 Å². The van der Waals surface area contributed by atoms with E-state index in [1.165, 1.54) is 44.9 Å². The fraction of sp³-hybridized carbons (Fsp3) is 0.714. The first-order valence-electron chi connectivity index (χ1n) is 10.3. The Labute approximate surface area is 200 Å². The van der Waals surface area contributed by atoms with E-state index >= 15 is 0 Å². The van der Waals surface area contributed by atoms with Gasteiger partial charge >= 0.3 is 29.6 Å². The van der Waals surface area contributed by atoms with Crippen molar-refractivity contribution in [3.05, 3.63) is 30.3 Å². The predicted molar refractivity (Wildman–Crippen MR) is 113 cm³/mol. The molecule has 0 saturated carbocycles. The van der Waals surface area contributed by atoms with Crippen LogP contribution in [0.15, 0.2) is 30.3 Å². The standard InChI is InChI=1S/C12H26O4S.C6H6O.C3H8O.Na/c1-2-3-4-5-6-7-8-9-10-11-12-16-17(13,14)15;7-6-4-2-1-3-5-6;1-2-3-4;/h2-12H2,1H3,(H,13,14,15);1-5,7H;4H,2-3H2,1H3;/q;;;+1/p-1. The summed E-state index contributed by atoms with van der Waals surface area (Å²) in [5.74, 6) is 0.322. The molecule has 0 aliphatic carbocycles. The Kier molecular flexibility index (Phi) is 29.9. The van der Waals surface area contributed by atoms with E-state index in [9.17, 15) is 13.0 Å². The molecule has 8 heteroatoms. The summed E-state index contributed by atoms with van der Waals surface area (Å²) < 4.78 is 34.5. The van der Waals surface area contributed by atoms with Crippen LogP contribution in [0.25, 0.3) is 0 Å². The summed E-state index contributed by atoms with van der Waals surface area (Å²) in [7, 11) is -4.48. The molecule has 0 radical (unpaired) electrons. The van der Waals surface area contributed by atoms with Crippen molar-refractivity contribution in [1.82, 2.24) is 0 Å². The summed E-state index contributed by atoms with van der Waals surface area (Å²) in [6, 6.07) is 8.71. The number of aromatic hydroxyl groups is 1. The van der Waals surface area contributed by atoms with Gasteiger partial charge in [-0.25, -0.2) is 8.42 Å². The van der Waals surface area contributed by atoms with Crippen molar-refractivity contribution in [3.8, 4) is 5.75 Å². The molecule has 0 atom stereocenters. The maximum atomic E-state index is 10.1. The number of hydrogen-bond acceptors (Lipinski definition) is 6. The molecule has 0 aliphatic rings. The molecule has 29 heavy (non-hydrogen) atoms. The Morgan fingerprint density at radius 2 is 1.24 bits per heavy atom. The van der Waals surface area contributed by atoms with Gasteiger partial charge in [0.2, 0.25) is 10.4 Å². The minimum atomic E-state index is -4.48. The van der Waals surface area contributed by atoms with Gasteiger partial charge in [0.1, 0.15) is 5.75 Å². The van der Waals surface area contributed by atoms with Crippen LogP contribution in [0.2, 0.25) is 0 Å². The quantitative estimate of drug-likeness (QED) is 0.210. The first-order chi connectivity index (χ1) is 13.4. The Balaban J connectivity index is -0.000000461. The number of aliphatic hydroxyl groups is 1. The number of phenolic OH excluding ortho intramolecular Hbond substituents is 1. The largest absolute Gasteiger partial charge is 1.00 e. The monoisotopic (exact) mass is 442 g/mol. The molecule has 0 aromatic heterocycles. The zero-order valence-electron chi connectivity index (χ0n) is 18.5. The van der Waals surface area contributed by atoms with Gasteiger partial charge in [-0.2, -0.15) is 0 Å². The molecular weight excluding hydrogens is 403 g/mol. The molecule has 0 aliphatic heterocycles. The average Bonchev–Trinajstić information content (AvgIpc) is 2.66. The van der Waals surface area contributed by atoms with Crippen molar-refractivity contribution < 1.29 is 56.9 Å². The summed E-state index contributed by atoms with van der Waals surface area (Å²) in [6.07, 6.45) is 12.6. The van der Waals surface area contributed by atoms with Gasteiger partial charge < -0.3 is 14.8 Å². The first-order valence-corrected chi connectivity index (χ1v) is 11.7. The van der Waals surface area contributed by atoms with Crippen molar-refractivity contribution in [1.29, 1.82) is 0 Å². The van der Waals surface area contributed by atoms with Crippen LogP contribution in [0.5, 0.6) is 5.75 Å². The molecule has 0 fully saturated rings. The third-order valence-electron chi connectivity index (χ3n) is 3.71. The van der Waals surface area contributed by atoms with Crippen molar-refractivity contribution in [2.45, 2.75) is 84.5 Å². The third kappa shape index (κ3) is 35.6. The number of unbranched alkanes of at least 4 members (excludes halogenated alkanes) is 9. The van der Waals surface area contributed by atoms with Crippen molar-refractivity contribution in [3.63, 3.8) is 0 Å². The van der Waals surface area contributed by atoms with Crippen molar-refractivity contribution >= 4 is 10.4 Å². The summed E-state index contributed by atoms with van der Waals surface area (Å²) >= 11 is 0. The predicted octanol–water partition coefficient (Wildman–Crippen LogP) is 2.17. The molecule has 0 saturated heterocycles. The maximum Gasteiger partial charge on any atom is 1.00 e. The van der Waals surface area contributed by atoms with E-state index in [0.29, 0.717) is 18.8 Å². The summed E-state index contributed by atoms with van der Waals surface area (Å²) in [6.45, 7) is 4.49. The van der Waals surface area contributed by atoms with Crippen LogP contribution in [-0.2, 0) is 14.6 Å². The van der Waals surface area contributed by atoms with E-state index in [2.05, 4.69) is 11.1 Å². The van der Waals surface area contributed by atoms with Gasteiger partial charge in [0.15, 0.2) is 0 Å². The second-order valence-electron chi connectivity index (χ2n) is 6.47. The van der Waals surface area contributed by atoms with E-state index in [1.807, 2.05) is 13.0 Å². The number of hydrogen-bond donors (Lipinski definition) is 2. The van der Waals surface area contributed by atoms with Gasteiger partial charge in [-0.15, -0.1) is 0 Å². The fourth-order valence-corrected chi connectivity index (χ4v) is 2.50. The summed E-state index contributed by atoms with van der Waals surface area (Å²) in [5, 5.41) is 16.5. The summed E-state index contributed by atoms with van der Waals surface area (Å²) in [5.41, 5.74) is 0. The van der Waals surface area contributed by atoms with Gasteiger partial charge in [-0.05, 0) is 25.0 Å². The van der Waals surface area contributed by atoms with Crippen LogP contribution in [0, 0.1) is 0 Å². The minimum absolute atomic E-state index is 0. The van der Waals surface area contributed by atoms with E-state index in [4.69, 9.17) is 10.2 Å². The number of rotatable bonds is 13. The molecule has 1 aromatic rings. The van der Waals surface area contributed by atoms with E-state index in [-0.39, 0.29) is 36.2 Å².